The van der Waals surface area contributed by atoms with Gasteiger partial charge in [-0.3, -0.25) is 0 Å². The van der Waals surface area contributed by atoms with Gasteiger partial charge in [0.05, 0.1) is 37.6 Å². The van der Waals surface area contributed by atoms with Crippen LogP contribution >= 0.6 is 0 Å². The van der Waals surface area contributed by atoms with Crippen LogP contribution in [0, 0.1) is 11.8 Å². The maximum Gasteiger partial charge on any atom is 0.0882 e. The first kappa shape index (κ1) is 11.8. The minimum absolute atomic E-state index is 0.478. The first-order chi connectivity index (χ1) is 6.54. The summed E-state index contributed by atoms with van der Waals surface area (Å²) in [5.41, 5.74) is 0. The summed E-state index contributed by atoms with van der Waals surface area (Å²) in [6, 6.07) is 0. The van der Waals surface area contributed by atoms with Gasteiger partial charge in [0, 0.05) is 11.8 Å². The van der Waals surface area contributed by atoms with Crippen LogP contribution in [0.25, 0.3) is 0 Å². The fourth-order valence-corrected chi connectivity index (χ4v) is 1.96. The van der Waals surface area contributed by atoms with Gasteiger partial charge in [-0.05, 0) is 0 Å². The van der Waals surface area contributed by atoms with Crippen molar-refractivity contribution in [1.82, 2.24) is 0 Å². The molecule has 1 rings (SSSR count). The van der Waals surface area contributed by atoms with Gasteiger partial charge < -0.3 is 30.6 Å². The molecule has 0 bridgehead atoms. The Kier molecular flexibility index (Phi) is 3.82. The van der Waals surface area contributed by atoms with Crippen LogP contribution in [0.15, 0.2) is 0 Å². The van der Waals surface area contributed by atoms with E-state index in [1.807, 2.05) is 0 Å². The fraction of sp³-hybridized carbons (Fsp3) is 1.00. The van der Waals surface area contributed by atoms with E-state index in [0.717, 1.165) is 0 Å². The van der Waals surface area contributed by atoms with Crippen molar-refractivity contribution in [2.24, 2.45) is 11.8 Å². The van der Waals surface area contributed by atoms with Gasteiger partial charge in [-0.15, -0.1) is 0 Å². The molecule has 14 heavy (non-hydrogen) atoms. The molecule has 1 aliphatic carbocycles. The average molecular weight is 208 g/mol. The van der Waals surface area contributed by atoms with Crippen molar-refractivity contribution in [3.05, 3.63) is 0 Å². The van der Waals surface area contributed by atoms with Gasteiger partial charge in [0.25, 0.3) is 0 Å². The molecule has 6 unspecified atom stereocenters. The summed E-state index contributed by atoms with van der Waals surface area (Å²) in [6.07, 6.45) is -5.12. The standard InChI is InChI=1S/C8H16O6/c9-1-3-6(12)5(4(11)2-10)8(14)7(3)13/h3-14H,1-2H2. The molecule has 0 spiro atoms. The lowest BCUT2D eigenvalue weighted by molar-refractivity contribution is -0.0586. The summed E-state index contributed by atoms with van der Waals surface area (Å²) in [4.78, 5) is 0. The van der Waals surface area contributed by atoms with Crippen LogP contribution in [0.5, 0.6) is 0 Å². The maximum atomic E-state index is 9.54. The summed E-state index contributed by atoms with van der Waals surface area (Å²) < 4.78 is 0. The van der Waals surface area contributed by atoms with Crippen LogP contribution in [0.3, 0.4) is 0 Å². The van der Waals surface area contributed by atoms with E-state index in [1.54, 1.807) is 0 Å². The van der Waals surface area contributed by atoms with Crippen molar-refractivity contribution >= 4 is 0 Å². The lowest BCUT2D eigenvalue weighted by Crippen LogP contribution is -2.39. The highest BCUT2D eigenvalue weighted by molar-refractivity contribution is 5.00. The predicted octanol–water partition coefficient (Wildman–Crippen LogP) is -3.34. The van der Waals surface area contributed by atoms with E-state index in [9.17, 15) is 20.4 Å². The van der Waals surface area contributed by atoms with Crippen LogP contribution < -0.4 is 0 Å². The predicted molar refractivity (Wildman–Crippen MR) is 45.2 cm³/mol. The molecule has 0 aromatic carbocycles. The van der Waals surface area contributed by atoms with Gasteiger partial charge in [0.1, 0.15) is 0 Å². The normalized spacial score (nSPS) is 45.4. The van der Waals surface area contributed by atoms with Crippen LogP contribution in [-0.2, 0) is 0 Å². The third-order valence-corrected chi connectivity index (χ3v) is 2.86. The smallest absolute Gasteiger partial charge is 0.0882 e. The van der Waals surface area contributed by atoms with Crippen molar-refractivity contribution in [3.8, 4) is 0 Å². The minimum atomic E-state index is -1.33. The Bertz CT molecular complexity index is 187. The summed E-state index contributed by atoms with van der Waals surface area (Å²) in [5, 5.41) is 55.1. The largest absolute Gasteiger partial charge is 0.396 e. The quantitative estimate of drug-likeness (QED) is 0.288. The molecule has 0 amide bonds. The molecule has 0 aliphatic heterocycles. The molecule has 1 saturated carbocycles. The third-order valence-electron chi connectivity index (χ3n) is 2.86. The molecule has 6 heteroatoms. The topological polar surface area (TPSA) is 121 Å². The Hall–Kier alpha value is -0.240. The number of aliphatic hydroxyl groups excluding tert-OH is 6. The van der Waals surface area contributed by atoms with E-state index >= 15 is 0 Å². The molecule has 0 heterocycles. The number of hydrogen-bond donors (Lipinski definition) is 6. The van der Waals surface area contributed by atoms with Crippen molar-refractivity contribution in [3.63, 3.8) is 0 Å². The molecule has 6 N–H and O–H groups in total. The summed E-state index contributed by atoms with van der Waals surface area (Å²) in [7, 11) is 0. The first-order valence-corrected chi connectivity index (χ1v) is 4.48. The Morgan fingerprint density at radius 1 is 0.929 bits per heavy atom. The SMILES string of the molecule is OCC(O)C1C(O)C(O)C(CO)C1O. The number of rotatable bonds is 3. The maximum absolute atomic E-state index is 9.54. The molecule has 84 valence electrons. The molecule has 0 radical (unpaired) electrons. The zero-order valence-electron chi connectivity index (χ0n) is 7.56. The van der Waals surface area contributed by atoms with E-state index in [1.165, 1.54) is 0 Å². The van der Waals surface area contributed by atoms with Gasteiger partial charge in [-0.1, -0.05) is 0 Å². The molecule has 1 fully saturated rings. The second-order valence-corrected chi connectivity index (χ2v) is 3.65. The molecular weight excluding hydrogens is 192 g/mol. The third kappa shape index (κ3) is 1.77. The summed E-state index contributed by atoms with van der Waals surface area (Å²) >= 11 is 0. The van der Waals surface area contributed by atoms with Gasteiger partial charge >= 0.3 is 0 Å². The zero-order chi connectivity index (χ0) is 10.9. The Morgan fingerprint density at radius 2 is 1.50 bits per heavy atom. The number of aliphatic hydroxyl groups is 6. The zero-order valence-corrected chi connectivity index (χ0v) is 7.56. The van der Waals surface area contributed by atoms with Crippen LogP contribution in [0.2, 0.25) is 0 Å². The highest BCUT2D eigenvalue weighted by atomic mass is 16.4. The lowest BCUT2D eigenvalue weighted by atomic mass is 9.95. The molecule has 0 saturated heterocycles. The van der Waals surface area contributed by atoms with Crippen LogP contribution in [-0.4, -0.2) is 68.3 Å². The van der Waals surface area contributed by atoms with E-state index in [2.05, 4.69) is 0 Å². The minimum Gasteiger partial charge on any atom is -0.396 e. The van der Waals surface area contributed by atoms with Crippen molar-refractivity contribution in [2.45, 2.75) is 24.4 Å². The Morgan fingerprint density at radius 3 is 1.86 bits per heavy atom. The van der Waals surface area contributed by atoms with E-state index in [4.69, 9.17) is 10.2 Å². The van der Waals surface area contributed by atoms with Gasteiger partial charge in [-0.25, -0.2) is 0 Å². The summed E-state index contributed by atoms with van der Waals surface area (Å²) in [5.74, 6) is -1.90. The van der Waals surface area contributed by atoms with E-state index < -0.39 is 49.5 Å². The van der Waals surface area contributed by atoms with Crippen molar-refractivity contribution in [2.75, 3.05) is 13.2 Å². The molecule has 0 aromatic rings. The molecular formula is C8H16O6. The lowest BCUT2D eigenvalue weighted by Gasteiger charge is -2.23. The van der Waals surface area contributed by atoms with E-state index in [0.29, 0.717) is 0 Å². The Balaban J connectivity index is 2.77. The Labute approximate surface area is 81.1 Å². The first-order valence-electron chi connectivity index (χ1n) is 4.48. The fourth-order valence-electron chi connectivity index (χ4n) is 1.96. The van der Waals surface area contributed by atoms with Gasteiger partial charge in [-0.2, -0.15) is 0 Å². The van der Waals surface area contributed by atoms with Gasteiger partial charge in [0.15, 0.2) is 0 Å². The monoisotopic (exact) mass is 208 g/mol. The summed E-state index contributed by atoms with van der Waals surface area (Å²) in [6.45, 7) is -1.09. The van der Waals surface area contributed by atoms with Crippen LogP contribution in [0.4, 0.5) is 0 Å². The van der Waals surface area contributed by atoms with Crippen LogP contribution in [0.1, 0.15) is 0 Å². The average Bonchev–Trinajstić information content (AvgIpc) is 2.38. The molecule has 0 aromatic heterocycles. The van der Waals surface area contributed by atoms with Crippen molar-refractivity contribution < 1.29 is 30.6 Å². The van der Waals surface area contributed by atoms with Gasteiger partial charge in [0.2, 0.25) is 0 Å². The second kappa shape index (κ2) is 4.52. The molecule has 1 aliphatic rings. The molecule has 6 atom stereocenters. The van der Waals surface area contributed by atoms with E-state index in [-0.39, 0.29) is 0 Å². The highest BCUT2D eigenvalue weighted by Gasteiger charge is 2.50. The number of hydrogen-bond acceptors (Lipinski definition) is 6. The second-order valence-electron chi connectivity index (χ2n) is 3.65. The van der Waals surface area contributed by atoms with Crippen molar-refractivity contribution in [1.29, 1.82) is 0 Å². The highest BCUT2D eigenvalue weighted by Crippen LogP contribution is 2.34. The molecule has 6 nitrogen and oxygen atoms in total.